The van der Waals surface area contributed by atoms with Gasteiger partial charge in [0.2, 0.25) is 0 Å². The van der Waals surface area contributed by atoms with Crippen molar-refractivity contribution in [2.75, 3.05) is 13.1 Å². The normalized spacial score (nSPS) is 36.5. The van der Waals surface area contributed by atoms with Crippen LogP contribution in [0.25, 0.3) is 0 Å². The molecule has 2 heterocycles. The van der Waals surface area contributed by atoms with Crippen molar-refractivity contribution in [1.82, 2.24) is 4.90 Å². The number of hydrogen-bond donors (Lipinski definition) is 0. The van der Waals surface area contributed by atoms with Gasteiger partial charge in [0.1, 0.15) is 0 Å². The van der Waals surface area contributed by atoms with E-state index in [2.05, 4.69) is 40.3 Å². The Hall–Kier alpha value is 0.314. The number of ether oxygens (including phenoxy) is 1. The fourth-order valence-corrected chi connectivity index (χ4v) is 6.16. The van der Waals surface area contributed by atoms with Crippen LogP contribution in [0, 0.1) is 11.8 Å². The maximum absolute atomic E-state index is 6.60. The van der Waals surface area contributed by atoms with Gasteiger partial charge in [0.05, 0.1) is 15.6 Å². The van der Waals surface area contributed by atoms with E-state index in [1.165, 1.54) is 36.9 Å². The first-order chi connectivity index (χ1) is 11.2. The van der Waals surface area contributed by atoms with E-state index in [1.54, 1.807) is 5.92 Å². The van der Waals surface area contributed by atoms with Crippen LogP contribution < -0.4 is 9.26 Å². The van der Waals surface area contributed by atoms with Crippen LogP contribution in [0.15, 0.2) is 12.1 Å². The van der Waals surface area contributed by atoms with Gasteiger partial charge in [-0.05, 0) is 42.6 Å². The number of nitrogens with zero attached hydrogens (tertiary/aromatic N) is 1. The molecule has 2 aliphatic heterocycles. The zero-order valence-electron chi connectivity index (χ0n) is 14.5. The molecule has 1 spiro atoms. The molecule has 2 fully saturated rings. The van der Waals surface area contributed by atoms with Crippen LogP contribution in [0.3, 0.4) is 0 Å². The summed E-state index contributed by atoms with van der Waals surface area (Å²) >= 11 is 0. The van der Waals surface area contributed by atoms with Crippen molar-refractivity contribution in [3.8, 4) is 11.5 Å². The minimum absolute atomic E-state index is 0. The SMILES string of the molecule is CCN1CC[C@]23c4c5ccc(OP)c4O[C@H]2C(C)CC[C-]3[C@H]1C5.[Y]. The molecular formula is C19H25NO2PY-. The van der Waals surface area contributed by atoms with Gasteiger partial charge in [-0.15, -0.1) is 6.04 Å². The predicted molar refractivity (Wildman–Crippen MR) is 93.9 cm³/mol. The number of piperidine rings is 1. The Morgan fingerprint density at radius 1 is 1.46 bits per heavy atom. The van der Waals surface area contributed by atoms with E-state index in [1.807, 2.05) is 0 Å². The Morgan fingerprint density at radius 3 is 3.04 bits per heavy atom. The summed E-state index contributed by atoms with van der Waals surface area (Å²) in [7, 11) is 2.39. The molecule has 1 saturated carbocycles. The molecule has 5 heteroatoms. The molecule has 2 bridgehead atoms. The molecule has 3 nitrogen and oxygen atoms in total. The molecule has 2 aliphatic carbocycles. The summed E-state index contributed by atoms with van der Waals surface area (Å²) in [5.74, 6) is 4.31. The first-order valence-electron chi connectivity index (χ1n) is 9.00. The van der Waals surface area contributed by atoms with Crippen molar-refractivity contribution in [3.63, 3.8) is 0 Å². The zero-order valence-corrected chi connectivity index (χ0v) is 18.5. The van der Waals surface area contributed by atoms with Crippen LogP contribution in [0.4, 0.5) is 0 Å². The van der Waals surface area contributed by atoms with Gasteiger partial charge in [0.15, 0.2) is 11.5 Å². The van der Waals surface area contributed by atoms with Gasteiger partial charge >= 0.3 is 0 Å². The first kappa shape index (κ1) is 17.7. The van der Waals surface area contributed by atoms with Crippen LogP contribution in [-0.2, 0) is 44.5 Å². The Bertz CT molecular complexity index is 669. The summed E-state index contributed by atoms with van der Waals surface area (Å²) in [6.07, 6.45) is 5.20. The standard InChI is InChI=1S/C19H25NO2P.Y/c1-3-20-9-8-19-13-6-4-11(2)18(19)21-17-15(22-23)7-5-12(16(17)19)10-14(13)20;/h5,7,11,14,18H,3-4,6,8-10,23H2,1-2H3;/q-1;/t11?,14-,18+,19+;/m1./s1. The molecular weight excluding hydrogens is 394 g/mol. The molecule has 24 heavy (non-hydrogen) atoms. The summed E-state index contributed by atoms with van der Waals surface area (Å²) in [6.45, 7) is 7.03. The predicted octanol–water partition coefficient (Wildman–Crippen LogP) is 3.51. The third kappa shape index (κ3) is 2.05. The van der Waals surface area contributed by atoms with Gasteiger partial charge in [-0.2, -0.15) is 6.42 Å². The average Bonchev–Trinajstić information content (AvgIpc) is 2.91. The zero-order chi connectivity index (χ0) is 15.8. The van der Waals surface area contributed by atoms with Crippen LogP contribution in [0.5, 0.6) is 11.5 Å². The summed E-state index contributed by atoms with van der Waals surface area (Å²) < 4.78 is 12.2. The van der Waals surface area contributed by atoms with Gasteiger partial charge in [0, 0.05) is 32.7 Å². The van der Waals surface area contributed by atoms with Crippen molar-refractivity contribution in [1.29, 1.82) is 0 Å². The van der Waals surface area contributed by atoms with Gasteiger partial charge in [-0.3, -0.25) is 5.92 Å². The van der Waals surface area contributed by atoms with E-state index in [0.29, 0.717) is 18.1 Å². The number of likely N-dealkylation sites (tertiary alicyclic amines) is 1. The van der Waals surface area contributed by atoms with E-state index in [4.69, 9.17) is 9.26 Å². The van der Waals surface area contributed by atoms with E-state index in [-0.39, 0.29) is 38.1 Å². The van der Waals surface area contributed by atoms with Crippen LogP contribution >= 0.6 is 9.47 Å². The Morgan fingerprint density at radius 2 is 2.29 bits per heavy atom. The smallest absolute Gasteiger partial charge is 0.164 e. The second kappa shape index (κ2) is 6.19. The van der Waals surface area contributed by atoms with Gasteiger partial charge in [0.25, 0.3) is 0 Å². The molecule has 5 atom stereocenters. The number of benzene rings is 1. The molecule has 127 valence electrons. The second-order valence-corrected chi connectivity index (χ2v) is 7.93. The summed E-state index contributed by atoms with van der Waals surface area (Å²) in [5.41, 5.74) is 3.14. The number of hydrogen-bond acceptors (Lipinski definition) is 3. The fraction of sp³-hybridized carbons (Fsp3) is 0.632. The van der Waals surface area contributed by atoms with Crippen molar-refractivity contribution >= 4 is 9.47 Å². The monoisotopic (exact) mass is 419 g/mol. The van der Waals surface area contributed by atoms with E-state index < -0.39 is 0 Å². The van der Waals surface area contributed by atoms with Crippen molar-refractivity contribution in [2.45, 2.75) is 57.1 Å². The third-order valence-electron chi connectivity index (χ3n) is 6.93. The van der Waals surface area contributed by atoms with Crippen molar-refractivity contribution in [3.05, 3.63) is 29.2 Å². The van der Waals surface area contributed by atoms with E-state index in [0.717, 1.165) is 24.5 Å². The van der Waals surface area contributed by atoms with Gasteiger partial charge in [-0.25, -0.2) is 0 Å². The van der Waals surface area contributed by atoms with Gasteiger partial charge < -0.3 is 14.2 Å². The maximum Gasteiger partial charge on any atom is 0.164 e. The molecule has 0 aromatic heterocycles. The van der Waals surface area contributed by atoms with Crippen LogP contribution in [0.2, 0.25) is 0 Å². The molecule has 2 unspecified atom stereocenters. The quantitative estimate of drug-likeness (QED) is 0.541. The molecule has 0 N–H and O–H groups in total. The van der Waals surface area contributed by atoms with Crippen LogP contribution in [-0.4, -0.2) is 30.1 Å². The Labute approximate surface area is 172 Å². The van der Waals surface area contributed by atoms with Crippen LogP contribution in [0.1, 0.15) is 44.2 Å². The Balaban J connectivity index is 0.00000146. The molecule has 4 aliphatic rings. The second-order valence-electron chi connectivity index (χ2n) is 7.69. The molecule has 1 radical (unpaired) electrons. The molecule has 1 aromatic carbocycles. The van der Waals surface area contributed by atoms with Gasteiger partial charge in [-0.1, -0.05) is 38.2 Å². The topological polar surface area (TPSA) is 21.7 Å². The molecule has 0 amide bonds. The largest absolute Gasteiger partial charge is 0.488 e. The number of likely N-dealkylation sites (N-methyl/N-ethyl adjacent to an activating group) is 1. The third-order valence-corrected chi connectivity index (χ3v) is 7.18. The minimum atomic E-state index is 0. The van der Waals surface area contributed by atoms with E-state index in [9.17, 15) is 0 Å². The van der Waals surface area contributed by atoms with Crippen molar-refractivity contribution in [2.24, 2.45) is 5.92 Å². The molecule has 5 rings (SSSR count). The maximum atomic E-state index is 6.60. The fourth-order valence-electron chi connectivity index (χ4n) is 5.97. The molecule has 1 aromatic rings. The average molecular weight is 419 g/mol. The number of rotatable bonds is 2. The Kier molecular flexibility index (Phi) is 4.57. The summed E-state index contributed by atoms with van der Waals surface area (Å²) in [5, 5.41) is 0. The van der Waals surface area contributed by atoms with Crippen molar-refractivity contribution < 1.29 is 42.0 Å². The minimum Gasteiger partial charge on any atom is -0.488 e. The molecule has 1 saturated heterocycles. The first-order valence-corrected chi connectivity index (χ1v) is 9.47. The summed E-state index contributed by atoms with van der Waals surface area (Å²) in [4.78, 5) is 2.69. The summed E-state index contributed by atoms with van der Waals surface area (Å²) in [6, 6.07) is 5.00. The van der Waals surface area contributed by atoms with E-state index >= 15 is 0 Å².